The number of rotatable bonds is 6. The van der Waals surface area contributed by atoms with Crippen LogP contribution in [0.2, 0.25) is 0 Å². The molecule has 1 unspecified atom stereocenters. The number of hydrogen-bond acceptors (Lipinski definition) is 6. The van der Waals surface area contributed by atoms with Crippen molar-refractivity contribution in [1.82, 2.24) is 15.3 Å². The van der Waals surface area contributed by atoms with E-state index < -0.39 is 0 Å². The molecule has 3 aromatic rings. The molecule has 4 heterocycles. The van der Waals surface area contributed by atoms with Crippen LogP contribution in [0.3, 0.4) is 0 Å². The van der Waals surface area contributed by atoms with Crippen LogP contribution >= 0.6 is 0 Å². The van der Waals surface area contributed by atoms with Crippen LogP contribution in [0.25, 0.3) is 11.1 Å². The maximum atomic E-state index is 12.6. The fourth-order valence-corrected chi connectivity index (χ4v) is 3.85. The minimum atomic E-state index is -0.162. The number of hydrogen-bond donors (Lipinski definition) is 1. The zero-order chi connectivity index (χ0) is 21.0. The number of aromatic nitrogens is 2. The monoisotopic (exact) mass is 417 g/mol. The van der Waals surface area contributed by atoms with E-state index in [4.69, 9.17) is 14.2 Å². The van der Waals surface area contributed by atoms with Gasteiger partial charge in [-0.15, -0.1) is 0 Å². The molecule has 1 aromatic carbocycles. The van der Waals surface area contributed by atoms with Crippen LogP contribution in [0.5, 0.6) is 11.5 Å². The highest BCUT2D eigenvalue weighted by molar-refractivity contribution is 5.94. The van der Waals surface area contributed by atoms with Crippen molar-refractivity contribution < 1.29 is 19.0 Å². The number of nitrogens with one attached hydrogen (secondary N) is 1. The van der Waals surface area contributed by atoms with E-state index in [0.717, 1.165) is 41.2 Å². The maximum absolute atomic E-state index is 12.6. The summed E-state index contributed by atoms with van der Waals surface area (Å²) in [5.41, 5.74) is 3.51. The maximum Gasteiger partial charge on any atom is 0.253 e. The molecule has 2 atom stereocenters. The van der Waals surface area contributed by atoms with E-state index in [2.05, 4.69) is 15.3 Å². The smallest absolute Gasteiger partial charge is 0.253 e. The molecule has 2 aromatic heterocycles. The van der Waals surface area contributed by atoms with Crippen LogP contribution < -0.4 is 14.8 Å². The van der Waals surface area contributed by atoms with Crippen LogP contribution in [-0.4, -0.2) is 47.8 Å². The first-order valence-electron chi connectivity index (χ1n) is 10.4. The Morgan fingerprint density at radius 2 is 2.00 bits per heavy atom. The molecule has 0 spiro atoms. The molecule has 2 aliphatic heterocycles. The Bertz CT molecular complexity index is 1060. The van der Waals surface area contributed by atoms with E-state index in [-0.39, 0.29) is 18.1 Å². The first-order valence-corrected chi connectivity index (χ1v) is 10.4. The Labute approximate surface area is 180 Å². The Hall–Kier alpha value is -3.45. The quantitative estimate of drug-likeness (QED) is 0.664. The third-order valence-electron chi connectivity index (χ3n) is 5.57. The van der Waals surface area contributed by atoms with Gasteiger partial charge in [-0.05, 0) is 42.0 Å². The SMILES string of the molecule is O=C(N[C@@H]1COc2ccc(OCC3CCO3)c(-c3ccncc3)c2C1)c1cccnc1. The molecule has 1 saturated heterocycles. The lowest BCUT2D eigenvalue weighted by atomic mass is 9.92. The molecule has 5 rings (SSSR count). The van der Waals surface area contributed by atoms with Gasteiger partial charge in [0.15, 0.2) is 0 Å². The first-order chi connectivity index (χ1) is 15.3. The number of fused-ring (bicyclic) bond motifs is 1. The van der Waals surface area contributed by atoms with Crippen molar-refractivity contribution in [2.45, 2.75) is 25.0 Å². The number of ether oxygens (including phenoxy) is 3. The molecule has 1 fully saturated rings. The van der Waals surface area contributed by atoms with Crippen molar-refractivity contribution >= 4 is 5.91 Å². The average Bonchev–Trinajstić information content (AvgIpc) is 2.79. The fraction of sp³-hybridized carbons (Fsp3) is 0.292. The van der Waals surface area contributed by atoms with Crippen LogP contribution in [0.4, 0.5) is 0 Å². The van der Waals surface area contributed by atoms with Gasteiger partial charge >= 0.3 is 0 Å². The highest BCUT2D eigenvalue weighted by Gasteiger charge is 2.27. The lowest BCUT2D eigenvalue weighted by Gasteiger charge is -2.30. The predicted octanol–water partition coefficient (Wildman–Crippen LogP) is 3.04. The summed E-state index contributed by atoms with van der Waals surface area (Å²) in [5.74, 6) is 1.43. The molecule has 0 saturated carbocycles. The summed E-state index contributed by atoms with van der Waals surface area (Å²) in [4.78, 5) is 20.8. The number of carbonyl (C=O) groups excluding carboxylic acids is 1. The number of benzene rings is 1. The Kier molecular flexibility index (Phi) is 5.50. The molecule has 0 radical (unpaired) electrons. The lowest BCUT2D eigenvalue weighted by molar-refractivity contribution is -0.0720. The third-order valence-corrected chi connectivity index (χ3v) is 5.57. The standard InChI is InChI=1S/C24H23N3O4/c28-24(17-2-1-8-26-13-17)27-18-12-20-21(30-14-18)3-4-22(31-15-19-7-11-29-19)23(20)16-5-9-25-10-6-16/h1-6,8-10,13,18-19H,7,11-12,14-15H2,(H,27,28)/t18-,19?/m0/s1. The summed E-state index contributed by atoms with van der Waals surface area (Å²) in [6, 6.07) is 11.1. The minimum absolute atomic E-state index is 0.143. The van der Waals surface area contributed by atoms with Gasteiger partial charge in [-0.2, -0.15) is 0 Å². The molecule has 1 N–H and O–H groups in total. The highest BCUT2D eigenvalue weighted by atomic mass is 16.5. The van der Waals surface area contributed by atoms with Crippen LogP contribution in [0, 0.1) is 0 Å². The molecule has 1 amide bonds. The van der Waals surface area contributed by atoms with Crippen LogP contribution in [-0.2, 0) is 11.2 Å². The van der Waals surface area contributed by atoms with Gasteiger partial charge in [-0.1, -0.05) is 0 Å². The van der Waals surface area contributed by atoms with Crippen molar-refractivity contribution in [2.24, 2.45) is 0 Å². The average molecular weight is 417 g/mol. The molecule has 7 heteroatoms. The summed E-state index contributed by atoms with van der Waals surface area (Å²) < 4.78 is 17.7. The second kappa shape index (κ2) is 8.73. The van der Waals surface area contributed by atoms with Gasteiger partial charge < -0.3 is 19.5 Å². The Balaban J connectivity index is 1.43. The third kappa shape index (κ3) is 4.22. The van der Waals surface area contributed by atoms with Crippen molar-refractivity contribution in [3.05, 3.63) is 72.3 Å². The number of amides is 1. The number of pyridine rings is 2. The fourth-order valence-electron chi connectivity index (χ4n) is 3.85. The summed E-state index contributed by atoms with van der Waals surface area (Å²) in [5, 5.41) is 3.07. The topological polar surface area (TPSA) is 82.6 Å². The van der Waals surface area contributed by atoms with Crippen LogP contribution in [0.15, 0.2) is 61.2 Å². The zero-order valence-corrected chi connectivity index (χ0v) is 17.0. The van der Waals surface area contributed by atoms with Crippen molar-refractivity contribution in [2.75, 3.05) is 19.8 Å². The van der Waals surface area contributed by atoms with Gasteiger partial charge in [-0.3, -0.25) is 14.8 Å². The molecule has 7 nitrogen and oxygen atoms in total. The van der Waals surface area contributed by atoms with E-state index in [1.54, 1.807) is 36.9 Å². The van der Waals surface area contributed by atoms with E-state index >= 15 is 0 Å². The normalized spacial score (nSPS) is 19.5. The summed E-state index contributed by atoms with van der Waals surface area (Å²) in [7, 11) is 0. The first kappa shape index (κ1) is 19.5. The summed E-state index contributed by atoms with van der Waals surface area (Å²) in [6.45, 7) is 1.71. The number of nitrogens with zero attached hydrogens (tertiary/aromatic N) is 2. The van der Waals surface area contributed by atoms with Gasteiger partial charge in [0.2, 0.25) is 0 Å². The van der Waals surface area contributed by atoms with Gasteiger partial charge in [-0.25, -0.2) is 0 Å². The molecule has 0 bridgehead atoms. The highest BCUT2D eigenvalue weighted by Crippen LogP contribution is 2.41. The van der Waals surface area contributed by atoms with Crippen LogP contribution in [0.1, 0.15) is 22.3 Å². The molecule has 158 valence electrons. The van der Waals surface area contributed by atoms with Gasteiger partial charge in [0.05, 0.1) is 17.7 Å². The van der Waals surface area contributed by atoms with Crippen molar-refractivity contribution in [3.8, 4) is 22.6 Å². The molecule has 31 heavy (non-hydrogen) atoms. The van der Waals surface area contributed by atoms with Gasteiger partial charge in [0.25, 0.3) is 5.91 Å². The molecular weight excluding hydrogens is 394 g/mol. The van der Waals surface area contributed by atoms with Crippen molar-refractivity contribution in [1.29, 1.82) is 0 Å². The van der Waals surface area contributed by atoms with Crippen molar-refractivity contribution in [3.63, 3.8) is 0 Å². The predicted molar refractivity (Wildman–Crippen MR) is 114 cm³/mol. The number of carbonyl (C=O) groups is 1. The lowest BCUT2D eigenvalue weighted by Crippen LogP contribution is -2.43. The Morgan fingerprint density at radius 3 is 2.74 bits per heavy atom. The van der Waals surface area contributed by atoms with E-state index in [1.807, 2.05) is 24.3 Å². The summed E-state index contributed by atoms with van der Waals surface area (Å²) in [6.07, 6.45) is 8.52. The van der Waals surface area contributed by atoms with Gasteiger partial charge in [0.1, 0.15) is 24.7 Å². The largest absolute Gasteiger partial charge is 0.491 e. The molecule has 0 aliphatic carbocycles. The second-order valence-corrected chi connectivity index (χ2v) is 7.67. The molecular formula is C24H23N3O4. The Morgan fingerprint density at radius 1 is 1.13 bits per heavy atom. The summed E-state index contributed by atoms with van der Waals surface area (Å²) >= 11 is 0. The van der Waals surface area contributed by atoms with E-state index in [1.165, 1.54) is 0 Å². The minimum Gasteiger partial charge on any atom is -0.491 e. The zero-order valence-electron chi connectivity index (χ0n) is 17.0. The van der Waals surface area contributed by atoms with E-state index in [9.17, 15) is 4.79 Å². The molecule has 2 aliphatic rings. The van der Waals surface area contributed by atoms with Gasteiger partial charge in [0, 0.05) is 55.4 Å². The second-order valence-electron chi connectivity index (χ2n) is 7.67. The van der Waals surface area contributed by atoms with E-state index in [0.29, 0.717) is 25.2 Å².